The third-order valence-electron chi connectivity index (χ3n) is 5.55. The topological polar surface area (TPSA) is 49.4 Å². The molecule has 4 nitrogen and oxygen atoms in total. The normalized spacial score (nSPS) is 39.8. The molecule has 19 heavy (non-hydrogen) atoms. The summed E-state index contributed by atoms with van der Waals surface area (Å²) in [4.78, 5) is 0. The summed E-state index contributed by atoms with van der Waals surface area (Å²) in [6.45, 7) is 4.83. The van der Waals surface area contributed by atoms with Crippen LogP contribution in [0.25, 0.3) is 0 Å². The van der Waals surface area contributed by atoms with Crippen LogP contribution in [0.5, 0.6) is 0 Å². The van der Waals surface area contributed by atoms with Gasteiger partial charge in [0.1, 0.15) is 0 Å². The molecule has 2 heterocycles. The third kappa shape index (κ3) is 2.05. The second-order valence-corrected chi connectivity index (χ2v) is 8.46. The van der Waals surface area contributed by atoms with Crippen LogP contribution in [0.3, 0.4) is 0 Å². The largest absolute Gasteiger partial charge is 0.316 e. The highest BCUT2D eigenvalue weighted by molar-refractivity contribution is 7.89. The quantitative estimate of drug-likeness (QED) is 0.853. The van der Waals surface area contributed by atoms with Crippen molar-refractivity contribution in [1.29, 1.82) is 0 Å². The molecular weight excluding hydrogens is 260 g/mol. The number of nitrogens with zero attached hydrogens (tertiary/aromatic N) is 1. The Morgan fingerprint density at radius 2 is 2.11 bits per heavy atom. The van der Waals surface area contributed by atoms with E-state index in [0.29, 0.717) is 17.6 Å². The summed E-state index contributed by atoms with van der Waals surface area (Å²) >= 11 is 0. The fourth-order valence-corrected chi connectivity index (χ4v) is 6.66. The van der Waals surface area contributed by atoms with E-state index in [1.54, 1.807) is 0 Å². The average molecular weight is 286 g/mol. The molecule has 3 fully saturated rings. The molecule has 5 heteroatoms. The van der Waals surface area contributed by atoms with Crippen molar-refractivity contribution in [3.63, 3.8) is 0 Å². The summed E-state index contributed by atoms with van der Waals surface area (Å²) in [5, 5.41) is 3.47. The van der Waals surface area contributed by atoms with Crippen molar-refractivity contribution < 1.29 is 8.42 Å². The lowest BCUT2D eigenvalue weighted by molar-refractivity contribution is -0.000144. The van der Waals surface area contributed by atoms with Crippen molar-refractivity contribution >= 4 is 10.0 Å². The van der Waals surface area contributed by atoms with Gasteiger partial charge in [0.15, 0.2) is 0 Å². The first-order valence-electron chi connectivity index (χ1n) is 7.82. The van der Waals surface area contributed by atoms with Crippen molar-refractivity contribution in [1.82, 2.24) is 9.62 Å². The lowest BCUT2D eigenvalue weighted by Gasteiger charge is -2.55. The minimum atomic E-state index is -3.04. The van der Waals surface area contributed by atoms with E-state index in [2.05, 4.69) is 5.32 Å². The number of piperidine rings is 1. The average Bonchev–Trinajstić information content (AvgIpc) is 2.63. The van der Waals surface area contributed by atoms with Crippen LogP contribution in [0, 0.1) is 11.8 Å². The Balaban J connectivity index is 1.88. The van der Waals surface area contributed by atoms with Gasteiger partial charge in [-0.2, -0.15) is 4.31 Å². The standard InChI is InChI=1S/C14H26N2O2S/c1-2-10-19(17,18)16-9-6-12-5-7-14(12,16)13-4-3-8-15-11-13/h12-13,15H,2-11H2,1H3. The molecular formula is C14H26N2O2S. The van der Waals surface area contributed by atoms with Crippen molar-refractivity contribution in [2.75, 3.05) is 25.4 Å². The molecule has 0 spiro atoms. The molecule has 0 bridgehead atoms. The van der Waals surface area contributed by atoms with Crippen molar-refractivity contribution in [3.8, 4) is 0 Å². The van der Waals surface area contributed by atoms with E-state index in [4.69, 9.17) is 0 Å². The highest BCUT2D eigenvalue weighted by Gasteiger charge is 2.61. The molecule has 3 unspecified atom stereocenters. The summed E-state index contributed by atoms with van der Waals surface area (Å²) in [5.41, 5.74) is -0.0125. The summed E-state index contributed by atoms with van der Waals surface area (Å²) < 4.78 is 27.1. The van der Waals surface area contributed by atoms with E-state index < -0.39 is 10.0 Å². The Morgan fingerprint density at radius 1 is 1.26 bits per heavy atom. The molecule has 1 saturated carbocycles. The summed E-state index contributed by atoms with van der Waals surface area (Å²) in [6, 6.07) is 0. The maximum atomic E-state index is 12.6. The van der Waals surface area contributed by atoms with Crippen LogP contribution in [0.15, 0.2) is 0 Å². The molecule has 1 aliphatic carbocycles. The molecule has 110 valence electrons. The van der Waals surface area contributed by atoms with Gasteiger partial charge in [-0.25, -0.2) is 8.42 Å². The second kappa shape index (κ2) is 5.01. The second-order valence-electron chi connectivity index (χ2n) is 6.45. The summed E-state index contributed by atoms with van der Waals surface area (Å²) in [6.07, 6.45) is 6.52. The predicted octanol–water partition coefficient (Wildman–Crippen LogP) is 1.58. The Labute approximate surface area is 117 Å². The molecule has 2 aliphatic heterocycles. The minimum Gasteiger partial charge on any atom is -0.316 e. The Kier molecular flexibility index (Phi) is 3.65. The predicted molar refractivity (Wildman–Crippen MR) is 76.4 cm³/mol. The van der Waals surface area contributed by atoms with Gasteiger partial charge in [0.25, 0.3) is 0 Å². The van der Waals surface area contributed by atoms with Gasteiger partial charge in [0.05, 0.1) is 5.75 Å². The first kappa shape index (κ1) is 13.8. The van der Waals surface area contributed by atoms with Crippen LogP contribution in [0.1, 0.15) is 45.4 Å². The monoisotopic (exact) mass is 286 g/mol. The van der Waals surface area contributed by atoms with Crippen LogP contribution >= 0.6 is 0 Å². The van der Waals surface area contributed by atoms with E-state index in [1.165, 1.54) is 19.3 Å². The lowest BCUT2D eigenvalue weighted by Crippen LogP contribution is -2.63. The highest BCUT2D eigenvalue weighted by atomic mass is 32.2. The van der Waals surface area contributed by atoms with Gasteiger partial charge >= 0.3 is 0 Å². The maximum absolute atomic E-state index is 12.6. The van der Waals surface area contributed by atoms with Crippen LogP contribution in [0.2, 0.25) is 0 Å². The van der Waals surface area contributed by atoms with E-state index in [9.17, 15) is 8.42 Å². The zero-order chi connectivity index (χ0) is 13.5. The zero-order valence-corrected chi connectivity index (χ0v) is 12.7. The highest BCUT2D eigenvalue weighted by Crippen LogP contribution is 2.56. The smallest absolute Gasteiger partial charge is 0.214 e. The van der Waals surface area contributed by atoms with Crippen LogP contribution in [-0.2, 0) is 10.0 Å². The van der Waals surface area contributed by atoms with Gasteiger partial charge in [-0.3, -0.25) is 0 Å². The first-order valence-corrected chi connectivity index (χ1v) is 9.43. The Morgan fingerprint density at radius 3 is 2.68 bits per heavy atom. The Hall–Kier alpha value is -0.130. The van der Waals surface area contributed by atoms with E-state index in [0.717, 1.165) is 38.9 Å². The number of rotatable bonds is 4. The molecule has 0 radical (unpaired) electrons. The minimum absolute atomic E-state index is 0.0125. The number of hydrogen-bond donors (Lipinski definition) is 1. The number of hydrogen-bond acceptors (Lipinski definition) is 3. The van der Waals surface area contributed by atoms with Crippen LogP contribution in [0.4, 0.5) is 0 Å². The van der Waals surface area contributed by atoms with Gasteiger partial charge in [-0.05, 0) is 63.5 Å². The zero-order valence-electron chi connectivity index (χ0n) is 11.9. The van der Waals surface area contributed by atoms with Crippen LogP contribution in [-0.4, -0.2) is 43.6 Å². The van der Waals surface area contributed by atoms with Crippen molar-refractivity contribution in [2.45, 2.75) is 51.0 Å². The molecule has 0 aromatic rings. The fraction of sp³-hybridized carbons (Fsp3) is 1.00. The van der Waals surface area contributed by atoms with Gasteiger partial charge in [-0.15, -0.1) is 0 Å². The van der Waals surface area contributed by atoms with Crippen molar-refractivity contribution in [2.24, 2.45) is 11.8 Å². The van der Waals surface area contributed by atoms with Crippen molar-refractivity contribution in [3.05, 3.63) is 0 Å². The number of fused-ring (bicyclic) bond motifs is 1. The summed E-state index contributed by atoms with van der Waals surface area (Å²) in [7, 11) is -3.04. The molecule has 2 saturated heterocycles. The van der Waals surface area contributed by atoms with E-state index in [1.807, 2.05) is 11.2 Å². The number of nitrogens with one attached hydrogen (secondary N) is 1. The number of sulfonamides is 1. The van der Waals surface area contributed by atoms with Gasteiger partial charge in [0, 0.05) is 12.1 Å². The fourth-order valence-electron chi connectivity index (χ4n) is 4.63. The van der Waals surface area contributed by atoms with Gasteiger partial charge in [0.2, 0.25) is 10.0 Å². The molecule has 1 N–H and O–H groups in total. The third-order valence-corrected chi connectivity index (χ3v) is 7.67. The molecule has 0 amide bonds. The molecule has 0 aromatic carbocycles. The van der Waals surface area contributed by atoms with E-state index >= 15 is 0 Å². The molecule has 0 aromatic heterocycles. The van der Waals surface area contributed by atoms with Crippen LogP contribution < -0.4 is 5.32 Å². The molecule has 3 rings (SSSR count). The molecule has 3 aliphatic rings. The SMILES string of the molecule is CCCS(=O)(=O)N1CCC2CCC21C1CCCNC1. The van der Waals surface area contributed by atoms with Gasteiger partial charge < -0.3 is 5.32 Å². The first-order chi connectivity index (χ1) is 9.11. The van der Waals surface area contributed by atoms with E-state index in [-0.39, 0.29) is 5.54 Å². The maximum Gasteiger partial charge on any atom is 0.214 e. The molecule has 3 atom stereocenters. The Bertz CT molecular complexity index is 431. The van der Waals surface area contributed by atoms with Gasteiger partial charge in [-0.1, -0.05) is 6.92 Å². The summed E-state index contributed by atoms with van der Waals surface area (Å²) in [5.74, 6) is 1.49. The lowest BCUT2D eigenvalue weighted by atomic mass is 9.60.